The molecule has 0 saturated carbocycles. The van der Waals surface area contributed by atoms with Crippen molar-refractivity contribution in [2.24, 2.45) is 0 Å². The van der Waals surface area contributed by atoms with E-state index >= 15 is 0 Å². The molecule has 1 aromatic rings. The number of aryl methyl sites for hydroxylation is 1. The standard InChI is InChI=1S/C11H15ClF2N2O3S/c1-7-4-8(5-9(15)11(7)12)20(17,18)16-2-3-19-6-10(13)14/h4-5,10,16H,2-3,6,15H2,1H3. The van der Waals surface area contributed by atoms with Crippen LogP contribution >= 0.6 is 11.6 Å². The molecule has 5 nitrogen and oxygen atoms in total. The van der Waals surface area contributed by atoms with Crippen LogP contribution in [-0.2, 0) is 14.8 Å². The number of anilines is 1. The van der Waals surface area contributed by atoms with Crippen LogP contribution in [0.5, 0.6) is 0 Å². The lowest BCUT2D eigenvalue weighted by molar-refractivity contribution is 0.0199. The van der Waals surface area contributed by atoms with E-state index in [0.29, 0.717) is 10.6 Å². The molecule has 0 bridgehead atoms. The van der Waals surface area contributed by atoms with Crippen LogP contribution in [0.25, 0.3) is 0 Å². The van der Waals surface area contributed by atoms with Gasteiger partial charge in [0.25, 0.3) is 6.43 Å². The fraction of sp³-hybridized carbons (Fsp3) is 0.455. The van der Waals surface area contributed by atoms with Gasteiger partial charge in [-0.05, 0) is 24.6 Å². The van der Waals surface area contributed by atoms with Gasteiger partial charge in [-0.15, -0.1) is 0 Å². The minimum absolute atomic E-state index is 0.0363. The number of hydrogen-bond donors (Lipinski definition) is 2. The number of nitrogen functional groups attached to an aromatic ring is 1. The molecule has 0 amide bonds. The van der Waals surface area contributed by atoms with Crippen molar-refractivity contribution in [1.29, 1.82) is 0 Å². The van der Waals surface area contributed by atoms with Gasteiger partial charge >= 0.3 is 0 Å². The minimum atomic E-state index is -3.78. The van der Waals surface area contributed by atoms with Gasteiger partial charge in [0.15, 0.2) is 0 Å². The van der Waals surface area contributed by atoms with Crippen molar-refractivity contribution in [3.05, 3.63) is 22.7 Å². The Bertz CT molecular complexity index is 544. The lowest BCUT2D eigenvalue weighted by atomic mass is 10.2. The molecule has 20 heavy (non-hydrogen) atoms. The van der Waals surface area contributed by atoms with Crippen molar-refractivity contribution in [2.45, 2.75) is 18.2 Å². The Morgan fingerprint density at radius 3 is 2.65 bits per heavy atom. The highest BCUT2D eigenvalue weighted by Crippen LogP contribution is 2.26. The summed E-state index contributed by atoms with van der Waals surface area (Å²) in [5.41, 5.74) is 6.28. The zero-order valence-corrected chi connectivity index (χ0v) is 12.3. The second-order valence-electron chi connectivity index (χ2n) is 4.01. The average Bonchev–Trinajstić information content (AvgIpc) is 2.34. The molecule has 1 rings (SSSR count). The molecule has 0 aliphatic heterocycles. The lowest BCUT2D eigenvalue weighted by Crippen LogP contribution is -2.28. The van der Waals surface area contributed by atoms with Crippen LogP contribution in [0.2, 0.25) is 5.02 Å². The summed E-state index contributed by atoms with van der Waals surface area (Å²) in [5.74, 6) is 0. The molecule has 0 fully saturated rings. The maximum absolute atomic E-state index is 11.9. The summed E-state index contributed by atoms with van der Waals surface area (Å²) in [7, 11) is -3.78. The van der Waals surface area contributed by atoms with Gasteiger partial charge in [0.05, 0.1) is 22.2 Å². The molecule has 0 aliphatic rings. The van der Waals surface area contributed by atoms with Gasteiger partial charge < -0.3 is 10.5 Å². The molecule has 3 N–H and O–H groups in total. The molecule has 0 radical (unpaired) electrons. The number of benzene rings is 1. The Morgan fingerprint density at radius 1 is 1.45 bits per heavy atom. The molecule has 0 atom stereocenters. The molecule has 0 heterocycles. The topological polar surface area (TPSA) is 81.4 Å². The van der Waals surface area contributed by atoms with E-state index in [4.69, 9.17) is 17.3 Å². The average molecular weight is 329 g/mol. The third kappa shape index (κ3) is 4.86. The van der Waals surface area contributed by atoms with E-state index < -0.39 is 23.1 Å². The molecule has 0 saturated heterocycles. The summed E-state index contributed by atoms with van der Waals surface area (Å²) < 4.78 is 54.3. The van der Waals surface area contributed by atoms with Gasteiger partial charge in [0.2, 0.25) is 10.0 Å². The number of nitrogens with one attached hydrogen (secondary N) is 1. The van der Waals surface area contributed by atoms with Crippen LogP contribution in [0.1, 0.15) is 5.56 Å². The van der Waals surface area contributed by atoms with Crippen molar-refractivity contribution in [3.63, 3.8) is 0 Å². The number of hydrogen-bond acceptors (Lipinski definition) is 4. The summed E-state index contributed by atoms with van der Waals surface area (Å²) in [5, 5.41) is 0.296. The molecule has 0 aromatic heterocycles. The molecule has 1 aromatic carbocycles. The predicted molar refractivity (Wildman–Crippen MR) is 72.6 cm³/mol. The van der Waals surface area contributed by atoms with Crippen LogP contribution < -0.4 is 10.5 Å². The van der Waals surface area contributed by atoms with E-state index in [0.717, 1.165) is 0 Å². The van der Waals surface area contributed by atoms with Gasteiger partial charge in [0.1, 0.15) is 6.61 Å². The molecule has 0 aliphatic carbocycles. The number of alkyl halides is 2. The lowest BCUT2D eigenvalue weighted by Gasteiger charge is -2.10. The highest BCUT2D eigenvalue weighted by molar-refractivity contribution is 7.89. The maximum atomic E-state index is 11.9. The van der Waals surface area contributed by atoms with Crippen molar-refractivity contribution in [1.82, 2.24) is 4.72 Å². The number of nitrogens with two attached hydrogens (primary N) is 1. The van der Waals surface area contributed by atoms with Gasteiger partial charge in [-0.2, -0.15) is 0 Å². The molecule has 9 heteroatoms. The second-order valence-corrected chi connectivity index (χ2v) is 6.15. The van der Waals surface area contributed by atoms with E-state index in [1.807, 2.05) is 0 Å². The zero-order valence-electron chi connectivity index (χ0n) is 10.7. The highest BCUT2D eigenvalue weighted by atomic mass is 35.5. The largest absolute Gasteiger partial charge is 0.397 e. The van der Waals surface area contributed by atoms with E-state index in [9.17, 15) is 17.2 Å². The van der Waals surface area contributed by atoms with Crippen LogP contribution in [0.4, 0.5) is 14.5 Å². The van der Waals surface area contributed by atoms with Gasteiger partial charge in [-0.25, -0.2) is 21.9 Å². The smallest absolute Gasteiger partial charge is 0.261 e. The van der Waals surface area contributed by atoms with Crippen LogP contribution in [0.3, 0.4) is 0 Å². The van der Waals surface area contributed by atoms with E-state index in [1.54, 1.807) is 6.92 Å². The first-order valence-electron chi connectivity index (χ1n) is 5.65. The summed E-state index contributed by atoms with van der Waals surface area (Å²) in [6, 6.07) is 2.61. The number of sulfonamides is 1. The normalized spacial score (nSPS) is 12.1. The van der Waals surface area contributed by atoms with E-state index in [1.165, 1.54) is 12.1 Å². The molecule has 114 valence electrons. The Morgan fingerprint density at radius 2 is 2.10 bits per heavy atom. The third-order valence-electron chi connectivity index (χ3n) is 2.35. The van der Waals surface area contributed by atoms with Crippen LogP contribution in [0.15, 0.2) is 17.0 Å². The van der Waals surface area contributed by atoms with Crippen molar-refractivity contribution in [2.75, 3.05) is 25.5 Å². The van der Waals surface area contributed by atoms with Crippen LogP contribution in [-0.4, -0.2) is 34.6 Å². The van der Waals surface area contributed by atoms with Crippen molar-refractivity contribution >= 4 is 27.3 Å². The highest BCUT2D eigenvalue weighted by Gasteiger charge is 2.16. The fourth-order valence-corrected chi connectivity index (χ4v) is 2.66. The Balaban J connectivity index is 2.65. The molecular formula is C11H15ClF2N2O3S. The minimum Gasteiger partial charge on any atom is -0.397 e. The summed E-state index contributed by atoms with van der Waals surface area (Å²) >= 11 is 5.84. The first-order valence-corrected chi connectivity index (χ1v) is 7.51. The van der Waals surface area contributed by atoms with Gasteiger partial charge in [-0.3, -0.25) is 0 Å². The van der Waals surface area contributed by atoms with Crippen LogP contribution in [0, 0.1) is 6.92 Å². The molecule has 0 unspecified atom stereocenters. The monoisotopic (exact) mass is 328 g/mol. The predicted octanol–water partition coefficient (Wildman–Crippen LogP) is 1.79. The van der Waals surface area contributed by atoms with Crippen molar-refractivity contribution < 1.29 is 21.9 Å². The Hall–Kier alpha value is -0.960. The first kappa shape index (κ1) is 17.1. The summed E-state index contributed by atoms with van der Waals surface area (Å²) in [6.07, 6.45) is -2.58. The maximum Gasteiger partial charge on any atom is 0.261 e. The number of halogens is 3. The van der Waals surface area contributed by atoms with Crippen molar-refractivity contribution in [3.8, 4) is 0 Å². The Labute approximate surface area is 121 Å². The molecular weight excluding hydrogens is 314 g/mol. The quantitative estimate of drug-likeness (QED) is 0.590. The van der Waals surface area contributed by atoms with Gasteiger partial charge in [-0.1, -0.05) is 11.6 Å². The van der Waals surface area contributed by atoms with E-state index in [-0.39, 0.29) is 23.7 Å². The SMILES string of the molecule is Cc1cc(S(=O)(=O)NCCOCC(F)F)cc(N)c1Cl. The third-order valence-corrected chi connectivity index (χ3v) is 4.31. The van der Waals surface area contributed by atoms with Gasteiger partial charge in [0, 0.05) is 6.54 Å². The zero-order chi connectivity index (χ0) is 15.3. The first-order chi connectivity index (χ1) is 9.24. The second kappa shape index (κ2) is 7.16. The molecule has 0 spiro atoms. The number of ether oxygens (including phenoxy) is 1. The Kier molecular flexibility index (Phi) is 6.12. The fourth-order valence-electron chi connectivity index (χ4n) is 1.42. The summed E-state index contributed by atoms with van der Waals surface area (Å²) in [4.78, 5) is -0.0363. The van der Waals surface area contributed by atoms with E-state index in [2.05, 4.69) is 9.46 Å². The number of rotatable bonds is 7. The summed E-state index contributed by atoms with van der Waals surface area (Å²) in [6.45, 7) is 0.639.